The Hall–Kier alpha value is -3.91. The van der Waals surface area contributed by atoms with Crippen molar-refractivity contribution in [3.63, 3.8) is 0 Å². The molecule has 0 radical (unpaired) electrons. The van der Waals surface area contributed by atoms with Crippen molar-refractivity contribution in [3.8, 4) is 0 Å². The number of carbonyl (C=O) groups excluding carboxylic acids is 1. The van der Waals surface area contributed by atoms with Gasteiger partial charge in [0.15, 0.2) is 23.9 Å². The quantitative estimate of drug-likeness (QED) is 0.251. The molecule has 1 fully saturated rings. The normalized spacial score (nSPS) is 17.0. The van der Waals surface area contributed by atoms with Gasteiger partial charge in [0, 0.05) is 30.4 Å². The molecule has 0 amide bonds. The first-order chi connectivity index (χ1) is 18.9. The van der Waals surface area contributed by atoms with Gasteiger partial charge in [0.2, 0.25) is 0 Å². The summed E-state index contributed by atoms with van der Waals surface area (Å²) in [6.07, 6.45) is -1.25. The van der Waals surface area contributed by atoms with Crippen LogP contribution in [0.25, 0.3) is 0 Å². The first kappa shape index (κ1) is 27.6. The van der Waals surface area contributed by atoms with Crippen LogP contribution in [0.3, 0.4) is 0 Å². The van der Waals surface area contributed by atoms with Crippen LogP contribution >= 0.6 is 11.6 Å². The van der Waals surface area contributed by atoms with Gasteiger partial charge in [-0.2, -0.15) is 0 Å². The first-order valence-corrected chi connectivity index (χ1v) is 12.4. The Morgan fingerprint density at radius 3 is 2.50 bits per heavy atom. The number of fused-ring (bicyclic) bond motifs is 1. The van der Waals surface area contributed by atoms with Crippen molar-refractivity contribution in [3.05, 3.63) is 79.4 Å². The van der Waals surface area contributed by atoms with Gasteiger partial charge in [0.25, 0.3) is 0 Å². The average Bonchev–Trinajstić information content (AvgIpc) is 3.22. The number of halogens is 3. The molecule has 3 heterocycles. The topological polar surface area (TPSA) is 163 Å². The summed E-state index contributed by atoms with van der Waals surface area (Å²) in [5, 5.41) is 30.9. The van der Waals surface area contributed by atoms with E-state index in [2.05, 4.69) is 0 Å². The van der Waals surface area contributed by atoms with Gasteiger partial charge in [-0.15, -0.1) is 0 Å². The maximum Gasteiger partial charge on any atom is 0.519 e. The Labute approximate surface area is 230 Å². The zero-order valence-electron chi connectivity index (χ0n) is 21.2. The maximum atomic E-state index is 15.7. The van der Waals surface area contributed by atoms with Gasteiger partial charge < -0.3 is 44.4 Å². The number of esters is 1. The SMILES string of the molecule is Cc1oc(=O)oc1COC(=O)C1=CN(c2cc(N)c(F)cc2CO)c2c(Cl)c(N3CC(O)C3)c(F)c(C)c2C1O. The standard InChI is InChI=1S/C26H24ClF2N3O8/c1-10-19-22(20(27)23(21(10)29)31-5-13(34)6-31)32(17-4-16(30)15(28)3-12(17)8-33)7-14(24(19)35)25(36)38-9-18-11(2)39-26(37)40-18/h3-4,7,13,24,33-35H,5-6,8-9,30H2,1-2H3. The number of nitrogen functional groups attached to an aromatic ring is 1. The molecule has 1 saturated heterocycles. The number of rotatable bonds is 6. The Bertz CT molecular complexity index is 1610. The molecule has 0 bridgehead atoms. The maximum absolute atomic E-state index is 15.7. The van der Waals surface area contributed by atoms with Crippen LogP contribution in [0.2, 0.25) is 5.02 Å². The molecule has 212 valence electrons. The second-order valence-corrected chi connectivity index (χ2v) is 9.83. The summed E-state index contributed by atoms with van der Waals surface area (Å²) >= 11 is 6.74. The molecule has 0 aliphatic carbocycles. The molecule has 5 N–H and O–H groups in total. The molecule has 1 atom stereocenters. The fraction of sp³-hybridized carbons (Fsp3) is 0.308. The number of aryl methyl sites for hydroxylation is 1. The molecule has 1 aromatic heterocycles. The van der Waals surface area contributed by atoms with E-state index in [1.165, 1.54) is 29.7 Å². The van der Waals surface area contributed by atoms with Crippen LogP contribution in [-0.4, -0.2) is 40.5 Å². The minimum atomic E-state index is -1.73. The third-order valence-electron chi connectivity index (χ3n) is 6.90. The number of carbonyl (C=O) groups is 1. The molecule has 14 heteroatoms. The highest BCUT2D eigenvalue weighted by molar-refractivity contribution is 6.36. The zero-order valence-corrected chi connectivity index (χ0v) is 22.0. The molecule has 2 aromatic carbocycles. The van der Waals surface area contributed by atoms with Crippen molar-refractivity contribution in [2.75, 3.05) is 28.6 Å². The van der Waals surface area contributed by atoms with E-state index in [9.17, 15) is 29.3 Å². The summed E-state index contributed by atoms with van der Waals surface area (Å²) in [7, 11) is 0. The number of ether oxygens (including phenoxy) is 1. The monoisotopic (exact) mass is 579 g/mol. The third kappa shape index (κ3) is 4.50. The highest BCUT2D eigenvalue weighted by atomic mass is 35.5. The summed E-state index contributed by atoms with van der Waals surface area (Å²) in [5.41, 5.74) is 5.19. The van der Waals surface area contributed by atoms with Crippen LogP contribution in [0.4, 0.5) is 31.5 Å². The van der Waals surface area contributed by atoms with Gasteiger partial charge in [0.05, 0.1) is 46.1 Å². The van der Waals surface area contributed by atoms with Gasteiger partial charge in [-0.3, -0.25) is 0 Å². The first-order valence-electron chi connectivity index (χ1n) is 12.0. The highest BCUT2D eigenvalue weighted by Gasteiger charge is 2.40. The van der Waals surface area contributed by atoms with E-state index < -0.39 is 48.8 Å². The second kappa shape index (κ2) is 10.2. The number of aliphatic hydroxyl groups excluding tert-OH is 3. The van der Waals surface area contributed by atoms with Crippen molar-refractivity contribution in [2.45, 2.75) is 39.3 Å². The van der Waals surface area contributed by atoms with E-state index in [-0.39, 0.29) is 74.6 Å². The summed E-state index contributed by atoms with van der Waals surface area (Å²) in [6.45, 7) is 1.88. The zero-order chi connectivity index (χ0) is 29.0. The number of anilines is 4. The number of nitrogens with zero attached hydrogens (tertiary/aromatic N) is 2. The van der Waals surface area contributed by atoms with Gasteiger partial charge in [-0.05, 0) is 31.5 Å². The molecule has 40 heavy (non-hydrogen) atoms. The third-order valence-corrected chi connectivity index (χ3v) is 7.26. The molecular weight excluding hydrogens is 556 g/mol. The van der Waals surface area contributed by atoms with E-state index >= 15 is 4.39 Å². The van der Waals surface area contributed by atoms with E-state index in [1.807, 2.05) is 0 Å². The van der Waals surface area contributed by atoms with Gasteiger partial charge in [-0.25, -0.2) is 18.4 Å². The van der Waals surface area contributed by atoms with Crippen molar-refractivity contribution < 1.29 is 42.5 Å². The molecule has 1 unspecified atom stereocenters. The molecule has 0 saturated carbocycles. The smallest absolute Gasteiger partial charge is 0.454 e. The average molecular weight is 580 g/mol. The predicted octanol–water partition coefficient (Wildman–Crippen LogP) is 2.85. The lowest BCUT2D eigenvalue weighted by Gasteiger charge is -2.41. The summed E-state index contributed by atoms with van der Waals surface area (Å²) in [6, 6.07) is 2.20. The Morgan fingerprint density at radius 2 is 1.90 bits per heavy atom. The van der Waals surface area contributed by atoms with Crippen molar-refractivity contribution in [2.24, 2.45) is 0 Å². The number of β-amino-alcohol motifs (C(OH)–C–C–N with tert-alkyl or cyclic N) is 1. The van der Waals surface area contributed by atoms with Crippen LogP contribution in [0.1, 0.15) is 34.3 Å². The van der Waals surface area contributed by atoms with Gasteiger partial charge in [-0.1, -0.05) is 11.6 Å². The van der Waals surface area contributed by atoms with Crippen LogP contribution in [-0.2, 0) is 22.7 Å². The fourth-order valence-corrected chi connectivity index (χ4v) is 5.16. The van der Waals surface area contributed by atoms with Crippen molar-refractivity contribution >= 4 is 40.3 Å². The number of aliphatic hydroxyl groups is 3. The van der Waals surface area contributed by atoms with Crippen LogP contribution in [0.15, 0.2) is 37.5 Å². The molecule has 5 rings (SSSR count). The van der Waals surface area contributed by atoms with E-state index in [0.29, 0.717) is 0 Å². The lowest BCUT2D eigenvalue weighted by molar-refractivity contribution is -0.142. The second-order valence-electron chi connectivity index (χ2n) is 9.45. The Kier molecular flexibility index (Phi) is 7.08. The van der Waals surface area contributed by atoms with E-state index in [1.54, 1.807) is 0 Å². The molecule has 2 aliphatic rings. The minimum Gasteiger partial charge on any atom is -0.454 e. The van der Waals surface area contributed by atoms with Crippen LogP contribution < -0.4 is 21.4 Å². The molecule has 3 aromatic rings. The van der Waals surface area contributed by atoms with Crippen LogP contribution in [0.5, 0.6) is 0 Å². The summed E-state index contributed by atoms with van der Waals surface area (Å²) < 4.78 is 44.8. The highest BCUT2D eigenvalue weighted by Crippen LogP contribution is 2.52. The van der Waals surface area contributed by atoms with Crippen molar-refractivity contribution in [1.82, 2.24) is 0 Å². The predicted molar refractivity (Wildman–Crippen MR) is 138 cm³/mol. The van der Waals surface area contributed by atoms with Gasteiger partial charge in [0.1, 0.15) is 11.9 Å². The number of hydrogen-bond acceptors (Lipinski definition) is 11. The van der Waals surface area contributed by atoms with Crippen molar-refractivity contribution in [1.29, 1.82) is 0 Å². The Morgan fingerprint density at radius 1 is 1.20 bits per heavy atom. The number of benzene rings is 2. The lowest BCUT2D eigenvalue weighted by Crippen LogP contribution is -2.51. The molecular formula is C26H24ClF2N3O8. The van der Waals surface area contributed by atoms with E-state index in [4.69, 9.17) is 30.9 Å². The van der Waals surface area contributed by atoms with E-state index in [0.717, 1.165) is 12.3 Å². The van der Waals surface area contributed by atoms with Gasteiger partial charge >= 0.3 is 11.8 Å². The Balaban J connectivity index is 1.67. The molecule has 11 nitrogen and oxygen atoms in total. The lowest BCUT2D eigenvalue weighted by atomic mass is 9.90. The fourth-order valence-electron chi connectivity index (χ4n) is 4.76. The molecule has 2 aliphatic heterocycles. The summed E-state index contributed by atoms with van der Waals surface area (Å²) in [5.74, 6) is -3.59. The van der Waals surface area contributed by atoms with Crippen LogP contribution in [0, 0.1) is 25.5 Å². The number of hydrogen-bond donors (Lipinski definition) is 4. The summed E-state index contributed by atoms with van der Waals surface area (Å²) in [4.78, 5) is 27.3. The minimum absolute atomic E-state index is 0.0362. The molecule has 0 spiro atoms. The number of nitrogens with two attached hydrogens (primary N) is 1. The largest absolute Gasteiger partial charge is 0.519 e.